The molecule has 4 saturated heterocycles. The Bertz CT molecular complexity index is 1940. The molecule has 1 unspecified atom stereocenters. The van der Waals surface area contributed by atoms with Gasteiger partial charge in [0.05, 0.1) is 68.7 Å². The second-order valence-corrected chi connectivity index (χ2v) is 17.1. The first-order valence-electron chi connectivity index (χ1n) is 20.0. The number of methoxy groups -OCH3 is 1. The number of halogens is 6. The van der Waals surface area contributed by atoms with Gasteiger partial charge in [0.25, 0.3) is 5.91 Å². The van der Waals surface area contributed by atoms with Crippen molar-refractivity contribution >= 4 is 29.6 Å². The van der Waals surface area contributed by atoms with Crippen molar-refractivity contribution in [1.82, 2.24) is 30.2 Å². The number of carbonyl (C=O) groups is 5. The van der Waals surface area contributed by atoms with Crippen molar-refractivity contribution in [2.24, 2.45) is 22.2 Å². The Labute approximate surface area is 341 Å². The van der Waals surface area contributed by atoms with Gasteiger partial charge >= 0.3 is 18.3 Å². The molecule has 6 aliphatic rings. The van der Waals surface area contributed by atoms with Crippen molar-refractivity contribution in [2.75, 3.05) is 53.0 Å². The predicted octanol–water partition coefficient (Wildman–Crippen LogP) is 3.72. The summed E-state index contributed by atoms with van der Waals surface area (Å²) in [5.41, 5.74) is -4.15. The number of nitrogens with zero attached hydrogens (tertiary/aromatic N) is 4. The fourth-order valence-corrected chi connectivity index (χ4v) is 8.99. The molecule has 1 aromatic heterocycles. The zero-order valence-corrected chi connectivity index (χ0v) is 33.2. The largest absolute Gasteiger partial charge is 0.469 e. The molecule has 6 fully saturated rings. The summed E-state index contributed by atoms with van der Waals surface area (Å²) in [5, 5.41) is 9.61. The monoisotopic (exact) mass is 854 g/mol. The average Bonchev–Trinajstić information content (AvgIpc) is 3.75. The maximum absolute atomic E-state index is 14.4. The van der Waals surface area contributed by atoms with E-state index >= 15 is 0 Å². The number of aromatic nitrogens is 2. The van der Waals surface area contributed by atoms with Crippen LogP contribution in [-0.2, 0) is 46.1 Å². The van der Waals surface area contributed by atoms with Crippen molar-refractivity contribution in [1.29, 1.82) is 0 Å². The number of hydrogen-bond donors (Lipinski definition) is 2. The first kappa shape index (κ1) is 43.4. The van der Waals surface area contributed by atoms with Crippen molar-refractivity contribution < 1.29 is 64.5 Å². The van der Waals surface area contributed by atoms with E-state index in [1.165, 1.54) is 41.2 Å². The van der Waals surface area contributed by atoms with Crippen molar-refractivity contribution in [3.8, 4) is 0 Å². The van der Waals surface area contributed by atoms with E-state index in [1.54, 1.807) is 6.92 Å². The standard InChI is InChI=1S/C40H48F6N6O8/c1-24(59-22-36-10-7-28(8-11-36)60-23-36)31(33(55)47-14-9-30(53)58-2)49-32(54)29-18-50(19-37(29)20-51(21-37)35(57)38(12-13-38)40(44,45)46)34(56)26-15-48-52(17-26)16-25-3-5-27(6-4-25)39(41,42)43/h3-6,15,17,24,28-29,31H,7-14,16,18-23H2,1-2H3,(H,47,55)(H,49,54)/t24-,28?,29+,31?,36?/m1/s1. The normalized spacial score (nSPS) is 25.0. The number of rotatable bonds is 14. The lowest BCUT2D eigenvalue weighted by molar-refractivity contribution is -0.205. The van der Waals surface area contributed by atoms with Gasteiger partial charge in [0.2, 0.25) is 17.7 Å². The highest BCUT2D eigenvalue weighted by molar-refractivity contribution is 5.96. The molecule has 14 nitrogen and oxygen atoms in total. The number of ether oxygens (including phenoxy) is 3. The zero-order valence-electron chi connectivity index (χ0n) is 33.2. The van der Waals surface area contributed by atoms with Crippen LogP contribution in [0.4, 0.5) is 26.3 Å². The summed E-state index contributed by atoms with van der Waals surface area (Å²) in [4.78, 5) is 69.5. The van der Waals surface area contributed by atoms with Crippen LogP contribution in [0, 0.1) is 22.2 Å². The van der Waals surface area contributed by atoms with Crippen molar-refractivity contribution in [3.05, 3.63) is 53.3 Å². The Balaban J connectivity index is 1.09. The van der Waals surface area contributed by atoms with Crippen molar-refractivity contribution in [3.63, 3.8) is 0 Å². The van der Waals surface area contributed by atoms with Gasteiger partial charge in [0.1, 0.15) is 11.5 Å². The first-order chi connectivity index (χ1) is 28.3. The third-order valence-electron chi connectivity index (χ3n) is 12.9. The molecule has 0 radical (unpaired) electrons. The highest BCUT2D eigenvalue weighted by atomic mass is 19.4. The van der Waals surface area contributed by atoms with Gasteiger partial charge < -0.3 is 34.6 Å². The fourth-order valence-electron chi connectivity index (χ4n) is 8.99. The second kappa shape index (κ2) is 16.3. The number of nitrogens with one attached hydrogen (secondary N) is 2. The summed E-state index contributed by atoms with van der Waals surface area (Å²) in [6.45, 7) is 1.49. The summed E-state index contributed by atoms with van der Waals surface area (Å²) in [6.07, 6.45) is -4.60. The van der Waals surface area contributed by atoms with E-state index in [1.807, 2.05) is 0 Å². The molecule has 5 heterocycles. The second-order valence-electron chi connectivity index (χ2n) is 17.1. The van der Waals surface area contributed by atoms with Crippen LogP contribution in [0.25, 0.3) is 0 Å². The molecule has 2 aromatic rings. The smallest absolute Gasteiger partial charge is 0.416 e. The minimum absolute atomic E-state index is 0.0381. The number of amides is 4. The zero-order chi connectivity index (χ0) is 43.3. The first-order valence-corrected chi connectivity index (χ1v) is 20.0. The molecular formula is C40H48F6N6O8. The molecule has 20 heteroatoms. The molecule has 1 aromatic carbocycles. The number of fused-ring (bicyclic) bond motifs is 3. The van der Waals surface area contributed by atoms with Gasteiger partial charge in [-0.3, -0.25) is 28.7 Å². The van der Waals surface area contributed by atoms with E-state index in [2.05, 4.69) is 20.5 Å². The van der Waals surface area contributed by atoms with Crippen LogP contribution in [0.3, 0.4) is 0 Å². The highest BCUT2D eigenvalue weighted by Crippen LogP contribution is 2.60. The molecule has 2 bridgehead atoms. The summed E-state index contributed by atoms with van der Waals surface area (Å²) in [6, 6.07) is 3.16. The van der Waals surface area contributed by atoms with Crippen molar-refractivity contribution in [2.45, 2.75) is 89.0 Å². The Morgan fingerprint density at radius 1 is 0.967 bits per heavy atom. The van der Waals surface area contributed by atoms with E-state index in [-0.39, 0.29) is 82.2 Å². The molecule has 2 N–H and O–H groups in total. The van der Waals surface area contributed by atoms with Crippen LogP contribution in [0.15, 0.2) is 36.7 Å². The lowest BCUT2D eigenvalue weighted by Gasteiger charge is -2.51. The van der Waals surface area contributed by atoms with Crippen LogP contribution >= 0.6 is 0 Å². The molecule has 4 aliphatic heterocycles. The maximum atomic E-state index is 14.4. The fraction of sp³-hybridized carbons (Fsp3) is 0.650. The Morgan fingerprint density at radius 3 is 2.22 bits per heavy atom. The number of benzene rings is 1. The summed E-state index contributed by atoms with van der Waals surface area (Å²) in [5.74, 6) is -4.65. The molecule has 1 spiro atoms. The predicted molar refractivity (Wildman–Crippen MR) is 197 cm³/mol. The quantitative estimate of drug-likeness (QED) is 0.213. The van der Waals surface area contributed by atoms with Gasteiger partial charge in [-0.1, -0.05) is 12.1 Å². The Morgan fingerprint density at radius 2 is 1.63 bits per heavy atom. The molecular weight excluding hydrogens is 806 g/mol. The third kappa shape index (κ3) is 8.71. The molecule has 328 valence electrons. The molecule has 8 rings (SSSR count). The van der Waals surface area contributed by atoms with Gasteiger partial charge in [-0.15, -0.1) is 0 Å². The lowest BCUT2D eigenvalue weighted by Crippen LogP contribution is -2.67. The Kier molecular flexibility index (Phi) is 11.8. The third-order valence-corrected chi connectivity index (χ3v) is 12.9. The molecule has 60 heavy (non-hydrogen) atoms. The van der Waals surface area contributed by atoms with Crippen LogP contribution in [0.1, 0.15) is 73.4 Å². The lowest BCUT2D eigenvalue weighted by atomic mass is 9.70. The van der Waals surface area contributed by atoms with E-state index < -0.39 is 76.4 Å². The van der Waals surface area contributed by atoms with Crippen LogP contribution < -0.4 is 10.6 Å². The number of esters is 1. The summed E-state index contributed by atoms with van der Waals surface area (Å²) in [7, 11) is 1.20. The summed E-state index contributed by atoms with van der Waals surface area (Å²) >= 11 is 0. The minimum Gasteiger partial charge on any atom is -0.469 e. The number of likely N-dealkylation sites (tertiary alicyclic amines) is 2. The maximum Gasteiger partial charge on any atom is 0.416 e. The SMILES string of the molecule is COC(=O)CCNC(=O)C(NC(=O)[C@@H]1CN(C(=O)c2cnn(Cc3ccc(C(F)(F)F)cc3)c2)CC12CN(C(=O)C1(C(F)(F)F)CC1)C2)[C@@H](C)OCC12CCC(CC1)OC2. The van der Waals surface area contributed by atoms with E-state index in [0.29, 0.717) is 12.2 Å². The van der Waals surface area contributed by atoms with Gasteiger partial charge in [-0.05, 0) is 63.1 Å². The number of alkyl halides is 6. The average molecular weight is 855 g/mol. The molecule has 2 aliphatic carbocycles. The summed E-state index contributed by atoms with van der Waals surface area (Å²) < 4.78 is 99.3. The van der Waals surface area contributed by atoms with Gasteiger partial charge in [0.15, 0.2) is 0 Å². The Hall–Kier alpha value is -4.72. The minimum atomic E-state index is -4.75. The topological polar surface area (TPSA) is 161 Å². The van der Waals surface area contributed by atoms with Crippen LogP contribution in [-0.4, -0.2) is 127 Å². The van der Waals surface area contributed by atoms with Gasteiger partial charge in [-0.2, -0.15) is 31.4 Å². The van der Waals surface area contributed by atoms with E-state index in [4.69, 9.17) is 9.47 Å². The number of hydrogen-bond acceptors (Lipinski definition) is 9. The van der Waals surface area contributed by atoms with E-state index in [0.717, 1.165) is 42.7 Å². The molecule has 3 atom stereocenters. The molecule has 4 amide bonds. The van der Waals surface area contributed by atoms with Gasteiger partial charge in [0, 0.05) is 49.8 Å². The highest BCUT2D eigenvalue weighted by Gasteiger charge is 2.71. The van der Waals surface area contributed by atoms with Crippen LogP contribution in [0.2, 0.25) is 0 Å². The molecule has 2 saturated carbocycles. The van der Waals surface area contributed by atoms with Crippen LogP contribution in [0.5, 0.6) is 0 Å². The number of carbonyl (C=O) groups excluding carboxylic acids is 5. The van der Waals surface area contributed by atoms with E-state index in [9.17, 15) is 50.3 Å². The van der Waals surface area contributed by atoms with Gasteiger partial charge in [-0.25, -0.2) is 0 Å².